The van der Waals surface area contributed by atoms with Crippen LogP contribution in [0.3, 0.4) is 0 Å². The molecule has 0 saturated carbocycles. The van der Waals surface area contributed by atoms with Crippen molar-refractivity contribution in [3.05, 3.63) is 90.0 Å². The highest BCUT2D eigenvalue weighted by molar-refractivity contribution is 5.98. The van der Waals surface area contributed by atoms with E-state index in [4.69, 9.17) is 0 Å². The lowest BCUT2D eigenvalue weighted by Crippen LogP contribution is -2.39. The maximum atomic E-state index is 13.0. The van der Waals surface area contributed by atoms with Crippen molar-refractivity contribution in [2.24, 2.45) is 0 Å². The normalized spacial score (nSPS) is 13.5. The summed E-state index contributed by atoms with van der Waals surface area (Å²) < 4.78 is 38.9. The fourth-order valence-corrected chi connectivity index (χ4v) is 3.23. The minimum atomic E-state index is -4.40. The molecule has 0 saturated heterocycles. The molecule has 0 radical (unpaired) electrons. The number of para-hydroxylation sites is 1. The molecular weight excluding hydrogens is 389 g/mol. The second kappa shape index (κ2) is 9.13. The Balaban J connectivity index is 1.70. The summed E-state index contributed by atoms with van der Waals surface area (Å²) >= 11 is 0. The first-order valence-corrected chi connectivity index (χ1v) is 9.64. The molecule has 2 unspecified atom stereocenters. The number of nitrogens with one attached hydrogen (secondary N) is 2. The Bertz CT molecular complexity index is 1000. The number of carbonyl (C=O) groups is 1. The van der Waals surface area contributed by atoms with E-state index in [0.29, 0.717) is 11.3 Å². The smallest absolute Gasteiger partial charge is 0.324 e. The van der Waals surface area contributed by atoms with Crippen LogP contribution in [0, 0.1) is 0 Å². The molecule has 0 fully saturated rings. The first-order chi connectivity index (χ1) is 14.3. The lowest BCUT2D eigenvalue weighted by molar-refractivity contribution is -0.137. The van der Waals surface area contributed by atoms with Gasteiger partial charge in [-0.3, -0.25) is 10.1 Å². The standard InChI is InChI=1S/C24H23F3N2O/c1-16(19-11-8-12-20(15-19)24(25,26)27)28-17(2)23(30)29-22-14-7-6-13-21(22)18-9-4-3-5-10-18/h3-17,28H,1-2H3,(H,29,30). The number of rotatable bonds is 6. The first-order valence-electron chi connectivity index (χ1n) is 9.64. The lowest BCUT2D eigenvalue weighted by atomic mass is 10.0. The zero-order valence-corrected chi connectivity index (χ0v) is 16.7. The van der Waals surface area contributed by atoms with E-state index < -0.39 is 23.8 Å². The molecule has 3 rings (SSSR count). The average molecular weight is 412 g/mol. The van der Waals surface area contributed by atoms with Crippen LogP contribution < -0.4 is 10.6 Å². The first kappa shape index (κ1) is 21.6. The Kier molecular flexibility index (Phi) is 6.57. The molecule has 1 amide bonds. The number of carbonyl (C=O) groups excluding carboxylic acids is 1. The lowest BCUT2D eigenvalue weighted by Gasteiger charge is -2.21. The average Bonchev–Trinajstić information content (AvgIpc) is 2.74. The maximum Gasteiger partial charge on any atom is 0.416 e. The number of anilines is 1. The second-order valence-corrected chi connectivity index (χ2v) is 7.13. The summed E-state index contributed by atoms with van der Waals surface area (Å²) in [5, 5.41) is 5.99. The van der Waals surface area contributed by atoms with Crippen molar-refractivity contribution in [2.45, 2.75) is 32.1 Å². The molecule has 3 nitrogen and oxygen atoms in total. The van der Waals surface area contributed by atoms with Gasteiger partial charge in [-0.2, -0.15) is 13.2 Å². The highest BCUT2D eigenvalue weighted by Crippen LogP contribution is 2.31. The van der Waals surface area contributed by atoms with Crippen molar-refractivity contribution in [2.75, 3.05) is 5.32 Å². The van der Waals surface area contributed by atoms with E-state index in [9.17, 15) is 18.0 Å². The largest absolute Gasteiger partial charge is 0.416 e. The molecule has 156 valence electrons. The molecule has 0 aliphatic heterocycles. The second-order valence-electron chi connectivity index (χ2n) is 7.13. The zero-order chi connectivity index (χ0) is 21.7. The van der Waals surface area contributed by atoms with E-state index in [2.05, 4.69) is 10.6 Å². The molecule has 30 heavy (non-hydrogen) atoms. The predicted octanol–water partition coefficient (Wildman–Crippen LogP) is 6.05. The van der Waals surface area contributed by atoms with Crippen molar-refractivity contribution in [1.82, 2.24) is 5.32 Å². The summed E-state index contributed by atoms with van der Waals surface area (Å²) in [6.07, 6.45) is -4.40. The van der Waals surface area contributed by atoms with Crippen molar-refractivity contribution >= 4 is 11.6 Å². The minimum Gasteiger partial charge on any atom is -0.324 e. The molecule has 2 N–H and O–H groups in total. The highest BCUT2D eigenvalue weighted by Gasteiger charge is 2.31. The van der Waals surface area contributed by atoms with Gasteiger partial charge in [-0.15, -0.1) is 0 Å². The van der Waals surface area contributed by atoms with Crippen LogP contribution in [0.2, 0.25) is 0 Å². The minimum absolute atomic E-state index is 0.266. The van der Waals surface area contributed by atoms with E-state index in [0.717, 1.165) is 23.3 Å². The third kappa shape index (κ3) is 5.27. The quantitative estimate of drug-likeness (QED) is 0.517. The summed E-state index contributed by atoms with van der Waals surface area (Å²) in [6.45, 7) is 3.42. The van der Waals surface area contributed by atoms with E-state index in [-0.39, 0.29) is 5.91 Å². The third-order valence-corrected chi connectivity index (χ3v) is 4.88. The number of hydrogen-bond acceptors (Lipinski definition) is 2. The van der Waals surface area contributed by atoms with Crippen LogP contribution in [0.1, 0.15) is 31.0 Å². The fraction of sp³-hybridized carbons (Fsp3) is 0.208. The van der Waals surface area contributed by atoms with E-state index in [1.54, 1.807) is 19.9 Å². The zero-order valence-electron chi connectivity index (χ0n) is 16.7. The van der Waals surface area contributed by atoms with Gasteiger partial charge >= 0.3 is 6.18 Å². The van der Waals surface area contributed by atoms with Gasteiger partial charge in [0, 0.05) is 17.3 Å². The van der Waals surface area contributed by atoms with Crippen LogP contribution in [0.5, 0.6) is 0 Å². The van der Waals surface area contributed by atoms with Crippen LogP contribution in [-0.2, 0) is 11.0 Å². The molecule has 2 atom stereocenters. The molecular formula is C24H23F3N2O. The molecule has 3 aromatic rings. The molecule has 0 aliphatic carbocycles. The van der Waals surface area contributed by atoms with Gasteiger partial charge in [0.05, 0.1) is 11.6 Å². The number of benzene rings is 3. The topological polar surface area (TPSA) is 41.1 Å². The van der Waals surface area contributed by atoms with E-state index in [1.807, 2.05) is 54.6 Å². The van der Waals surface area contributed by atoms with Crippen molar-refractivity contribution < 1.29 is 18.0 Å². The molecule has 0 aromatic heterocycles. The number of alkyl halides is 3. The summed E-state index contributed by atoms with van der Waals surface area (Å²) in [6, 6.07) is 21.3. The highest BCUT2D eigenvalue weighted by atomic mass is 19.4. The third-order valence-electron chi connectivity index (χ3n) is 4.88. The van der Waals surface area contributed by atoms with E-state index >= 15 is 0 Å². The fourth-order valence-electron chi connectivity index (χ4n) is 3.23. The van der Waals surface area contributed by atoms with Crippen LogP contribution in [0.4, 0.5) is 18.9 Å². The van der Waals surface area contributed by atoms with Crippen LogP contribution in [0.25, 0.3) is 11.1 Å². The Labute approximate surface area is 173 Å². The van der Waals surface area contributed by atoms with Crippen molar-refractivity contribution in [3.8, 4) is 11.1 Å². The Hall–Kier alpha value is -3.12. The molecule has 6 heteroatoms. The van der Waals surface area contributed by atoms with Gasteiger partial charge in [0.1, 0.15) is 0 Å². The van der Waals surface area contributed by atoms with E-state index in [1.165, 1.54) is 6.07 Å². The van der Waals surface area contributed by atoms with Crippen LogP contribution in [-0.4, -0.2) is 11.9 Å². The van der Waals surface area contributed by atoms with Gasteiger partial charge in [0.15, 0.2) is 0 Å². The van der Waals surface area contributed by atoms with Gasteiger partial charge in [0.2, 0.25) is 5.91 Å². The molecule has 0 heterocycles. The number of amides is 1. The van der Waals surface area contributed by atoms with Gasteiger partial charge < -0.3 is 5.32 Å². The van der Waals surface area contributed by atoms with Gasteiger partial charge in [-0.1, -0.05) is 60.7 Å². The van der Waals surface area contributed by atoms with Gasteiger partial charge in [0.25, 0.3) is 0 Å². The van der Waals surface area contributed by atoms with Crippen LogP contribution in [0.15, 0.2) is 78.9 Å². The summed E-state index contributed by atoms with van der Waals surface area (Å²) in [5.74, 6) is -0.266. The predicted molar refractivity (Wildman–Crippen MR) is 113 cm³/mol. The van der Waals surface area contributed by atoms with Crippen molar-refractivity contribution in [1.29, 1.82) is 0 Å². The summed E-state index contributed by atoms with van der Waals surface area (Å²) in [7, 11) is 0. The van der Waals surface area contributed by atoms with Crippen molar-refractivity contribution in [3.63, 3.8) is 0 Å². The SMILES string of the molecule is CC(NC(C)c1cccc(C(F)(F)F)c1)C(=O)Nc1ccccc1-c1ccccc1. The molecule has 0 bridgehead atoms. The molecule has 0 aliphatic rings. The van der Waals surface area contributed by atoms with Crippen LogP contribution >= 0.6 is 0 Å². The molecule has 3 aromatic carbocycles. The number of hydrogen-bond donors (Lipinski definition) is 2. The Morgan fingerprint density at radius 1 is 0.867 bits per heavy atom. The summed E-state index contributed by atoms with van der Waals surface area (Å²) in [4.78, 5) is 12.7. The Morgan fingerprint density at radius 2 is 1.53 bits per heavy atom. The Morgan fingerprint density at radius 3 is 2.23 bits per heavy atom. The molecule has 0 spiro atoms. The van der Waals surface area contributed by atoms with Gasteiger partial charge in [-0.25, -0.2) is 0 Å². The monoisotopic (exact) mass is 412 g/mol. The number of halogens is 3. The van der Waals surface area contributed by atoms with Gasteiger partial charge in [-0.05, 0) is 43.2 Å². The summed E-state index contributed by atoms with van der Waals surface area (Å²) in [5.41, 5.74) is 2.31. The maximum absolute atomic E-state index is 13.0.